The van der Waals surface area contributed by atoms with E-state index in [0.717, 1.165) is 50.9 Å². The standard InChI is InChI=1S/C13H22N2O.ClH/c16-13(10-4-6-14-7-5-10)15-8-11-2-1-3-12(11)9-15;/h10-12,14H,1-9H2;1H. The Labute approximate surface area is 110 Å². The molecule has 3 rings (SSSR count). The van der Waals surface area contributed by atoms with Gasteiger partial charge in [-0.3, -0.25) is 4.79 Å². The minimum Gasteiger partial charge on any atom is -0.342 e. The largest absolute Gasteiger partial charge is 0.342 e. The highest BCUT2D eigenvalue weighted by Gasteiger charge is 2.39. The summed E-state index contributed by atoms with van der Waals surface area (Å²) in [6.45, 7) is 4.18. The summed E-state index contributed by atoms with van der Waals surface area (Å²) in [5.41, 5.74) is 0. The lowest BCUT2D eigenvalue weighted by atomic mass is 9.96. The number of carbonyl (C=O) groups excluding carboxylic acids is 1. The summed E-state index contributed by atoms with van der Waals surface area (Å²) in [6, 6.07) is 0. The lowest BCUT2D eigenvalue weighted by Crippen LogP contribution is -2.40. The fraction of sp³-hybridized carbons (Fsp3) is 0.923. The number of fused-ring (bicyclic) bond motifs is 1. The Kier molecular flexibility index (Phi) is 4.31. The Morgan fingerprint density at radius 1 is 1.00 bits per heavy atom. The molecule has 1 amide bonds. The molecule has 3 nitrogen and oxygen atoms in total. The van der Waals surface area contributed by atoms with Gasteiger partial charge in [0.25, 0.3) is 0 Å². The first kappa shape index (κ1) is 13.2. The van der Waals surface area contributed by atoms with Crippen LogP contribution in [-0.4, -0.2) is 37.0 Å². The van der Waals surface area contributed by atoms with Crippen LogP contribution in [0.15, 0.2) is 0 Å². The molecule has 2 aliphatic heterocycles. The SMILES string of the molecule is Cl.O=C(C1CCNCC1)N1CC2CCCC2C1. The fourth-order valence-electron chi connectivity index (χ4n) is 3.74. The van der Waals surface area contributed by atoms with Gasteiger partial charge >= 0.3 is 0 Å². The lowest BCUT2D eigenvalue weighted by Gasteiger charge is -2.27. The van der Waals surface area contributed by atoms with Gasteiger partial charge in [-0.15, -0.1) is 12.4 Å². The molecule has 0 aromatic heterocycles. The van der Waals surface area contributed by atoms with E-state index in [0.29, 0.717) is 11.8 Å². The first-order chi connectivity index (χ1) is 7.84. The fourth-order valence-corrected chi connectivity index (χ4v) is 3.74. The number of likely N-dealkylation sites (tertiary alicyclic amines) is 1. The number of nitrogens with zero attached hydrogens (tertiary/aromatic N) is 1. The molecule has 2 saturated heterocycles. The number of hydrogen-bond donors (Lipinski definition) is 1. The molecule has 3 aliphatic rings. The van der Waals surface area contributed by atoms with Crippen molar-refractivity contribution < 1.29 is 4.79 Å². The molecule has 4 heteroatoms. The maximum atomic E-state index is 12.3. The number of halogens is 1. The van der Waals surface area contributed by atoms with Crippen LogP contribution >= 0.6 is 12.4 Å². The molecule has 0 spiro atoms. The van der Waals surface area contributed by atoms with Crippen molar-refractivity contribution in [3.8, 4) is 0 Å². The maximum Gasteiger partial charge on any atom is 0.225 e. The highest BCUT2D eigenvalue weighted by atomic mass is 35.5. The molecule has 98 valence electrons. The van der Waals surface area contributed by atoms with Crippen molar-refractivity contribution in [1.82, 2.24) is 10.2 Å². The molecule has 0 aromatic rings. The van der Waals surface area contributed by atoms with E-state index in [1.54, 1.807) is 0 Å². The number of hydrogen-bond acceptors (Lipinski definition) is 2. The van der Waals surface area contributed by atoms with Crippen molar-refractivity contribution in [3.05, 3.63) is 0 Å². The minimum absolute atomic E-state index is 0. The molecule has 2 heterocycles. The summed E-state index contributed by atoms with van der Waals surface area (Å²) in [4.78, 5) is 14.5. The van der Waals surface area contributed by atoms with Gasteiger partial charge in [0.1, 0.15) is 0 Å². The molecule has 1 saturated carbocycles. The van der Waals surface area contributed by atoms with Crippen molar-refractivity contribution >= 4 is 18.3 Å². The number of carbonyl (C=O) groups is 1. The average molecular weight is 259 g/mol. The molecule has 0 aromatic carbocycles. The first-order valence-corrected chi connectivity index (χ1v) is 6.84. The van der Waals surface area contributed by atoms with Crippen LogP contribution < -0.4 is 5.32 Å². The smallest absolute Gasteiger partial charge is 0.225 e. The third kappa shape index (κ3) is 2.60. The Morgan fingerprint density at radius 3 is 2.18 bits per heavy atom. The van der Waals surface area contributed by atoms with Crippen LogP contribution in [0.3, 0.4) is 0 Å². The summed E-state index contributed by atoms with van der Waals surface area (Å²) < 4.78 is 0. The topological polar surface area (TPSA) is 32.3 Å². The molecular weight excluding hydrogens is 236 g/mol. The summed E-state index contributed by atoms with van der Waals surface area (Å²) in [7, 11) is 0. The minimum atomic E-state index is 0. The molecule has 3 fully saturated rings. The first-order valence-electron chi connectivity index (χ1n) is 6.84. The van der Waals surface area contributed by atoms with Crippen molar-refractivity contribution in [2.24, 2.45) is 17.8 Å². The molecule has 0 bridgehead atoms. The highest BCUT2D eigenvalue weighted by molar-refractivity contribution is 5.85. The summed E-state index contributed by atoms with van der Waals surface area (Å²) in [6.07, 6.45) is 6.21. The third-order valence-electron chi connectivity index (χ3n) is 4.73. The second-order valence-electron chi connectivity index (χ2n) is 5.72. The van der Waals surface area contributed by atoms with Crippen LogP contribution in [-0.2, 0) is 4.79 Å². The van der Waals surface area contributed by atoms with Gasteiger partial charge < -0.3 is 10.2 Å². The van der Waals surface area contributed by atoms with Crippen LogP contribution in [0.1, 0.15) is 32.1 Å². The van der Waals surface area contributed by atoms with E-state index in [4.69, 9.17) is 0 Å². The van der Waals surface area contributed by atoms with E-state index in [1.165, 1.54) is 19.3 Å². The Bertz CT molecular complexity index is 267. The molecule has 1 aliphatic carbocycles. The summed E-state index contributed by atoms with van der Waals surface area (Å²) in [5.74, 6) is 2.45. The molecular formula is C13H23ClN2O. The van der Waals surface area contributed by atoms with Gasteiger partial charge in [0.15, 0.2) is 0 Å². The van der Waals surface area contributed by atoms with Crippen LogP contribution in [0.2, 0.25) is 0 Å². The van der Waals surface area contributed by atoms with Gasteiger partial charge in [-0.2, -0.15) is 0 Å². The van der Waals surface area contributed by atoms with Crippen LogP contribution in [0.5, 0.6) is 0 Å². The van der Waals surface area contributed by atoms with E-state index < -0.39 is 0 Å². The number of piperidine rings is 1. The van der Waals surface area contributed by atoms with Crippen molar-refractivity contribution in [1.29, 1.82) is 0 Å². The number of amides is 1. The monoisotopic (exact) mass is 258 g/mol. The average Bonchev–Trinajstić information content (AvgIpc) is 2.89. The van der Waals surface area contributed by atoms with Crippen LogP contribution in [0.25, 0.3) is 0 Å². The lowest BCUT2D eigenvalue weighted by molar-refractivity contribution is -0.135. The highest BCUT2D eigenvalue weighted by Crippen LogP contribution is 2.38. The van der Waals surface area contributed by atoms with Crippen molar-refractivity contribution in [3.63, 3.8) is 0 Å². The predicted molar refractivity (Wildman–Crippen MR) is 70.3 cm³/mol. The van der Waals surface area contributed by atoms with E-state index in [9.17, 15) is 4.79 Å². The van der Waals surface area contributed by atoms with Gasteiger partial charge in [0.2, 0.25) is 5.91 Å². The van der Waals surface area contributed by atoms with Gasteiger partial charge in [-0.05, 0) is 50.6 Å². The summed E-state index contributed by atoms with van der Waals surface area (Å²) >= 11 is 0. The number of rotatable bonds is 1. The molecule has 2 unspecified atom stereocenters. The summed E-state index contributed by atoms with van der Waals surface area (Å²) in [5, 5.41) is 3.33. The van der Waals surface area contributed by atoms with Gasteiger partial charge in [0, 0.05) is 19.0 Å². The zero-order valence-corrected chi connectivity index (χ0v) is 11.2. The molecule has 2 atom stereocenters. The van der Waals surface area contributed by atoms with E-state index in [1.807, 2.05) is 0 Å². The Hall–Kier alpha value is -0.280. The van der Waals surface area contributed by atoms with Gasteiger partial charge in [-0.25, -0.2) is 0 Å². The van der Waals surface area contributed by atoms with E-state index in [2.05, 4.69) is 10.2 Å². The second-order valence-corrected chi connectivity index (χ2v) is 5.72. The van der Waals surface area contributed by atoms with Gasteiger partial charge in [0.05, 0.1) is 0 Å². The van der Waals surface area contributed by atoms with E-state index in [-0.39, 0.29) is 12.4 Å². The predicted octanol–water partition coefficient (Wildman–Crippen LogP) is 1.67. The second kappa shape index (κ2) is 5.57. The zero-order chi connectivity index (χ0) is 11.0. The molecule has 0 radical (unpaired) electrons. The van der Waals surface area contributed by atoms with Crippen LogP contribution in [0, 0.1) is 17.8 Å². The Balaban J connectivity index is 0.00000108. The van der Waals surface area contributed by atoms with Crippen molar-refractivity contribution in [2.75, 3.05) is 26.2 Å². The Morgan fingerprint density at radius 2 is 1.59 bits per heavy atom. The third-order valence-corrected chi connectivity index (χ3v) is 4.73. The quantitative estimate of drug-likeness (QED) is 0.776. The normalized spacial score (nSPS) is 33.3. The van der Waals surface area contributed by atoms with Crippen molar-refractivity contribution in [2.45, 2.75) is 32.1 Å². The molecule has 1 N–H and O–H groups in total. The molecule has 17 heavy (non-hydrogen) atoms. The van der Waals surface area contributed by atoms with Gasteiger partial charge in [-0.1, -0.05) is 6.42 Å². The van der Waals surface area contributed by atoms with E-state index >= 15 is 0 Å². The van der Waals surface area contributed by atoms with Crippen LogP contribution in [0.4, 0.5) is 0 Å². The zero-order valence-electron chi connectivity index (χ0n) is 10.4. The maximum absolute atomic E-state index is 12.3. The number of nitrogens with one attached hydrogen (secondary N) is 1.